The Morgan fingerprint density at radius 1 is 1.19 bits per heavy atom. The maximum Gasteiger partial charge on any atom is 0.343 e. The zero-order chi connectivity index (χ0) is 22.5. The molecule has 1 heterocycles. The highest BCUT2D eigenvalue weighted by molar-refractivity contribution is 9.10. The van der Waals surface area contributed by atoms with E-state index in [1.54, 1.807) is 18.2 Å². The second-order valence-electron chi connectivity index (χ2n) is 6.25. The highest BCUT2D eigenvalue weighted by Gasteiger charge is 2.35. The van der Waals surface area contributed by atoms with E-state index in [0.29, 0.717) is 21.5 Å². The second kappa shape index (κ2) is 9.97. The number of rotatable bonds is 7. The third-order valence-corrected chi connectivity index (χ3v) is 5.90. The van der Waals surface area contributed by atoms with E-state index in [4.69, 9.17) is 9.47 Å². The van der Waals surface area contributed by atoms with Gasteiger partial charge in [-0.3, -0.25) is 14.5 Å². The number of carbonyl (C=O) groups excluding carboxylic acids is 3. The molecule has 1 saturated heterocycles. The number of hydrogen-bond acceptors (Lipinski definition) is 7. The van der Waals surface area contributed by atoms with E-state index in [2.05, 4.69) is 20.7 Å². The molecule has 0 atom stereocenters. The largest absolute Gasteiger partial charge is 0.493 e. The minimum Gasteiger partial charge on any atom is -0.493 e. The van der Waals surface area contributed by atoms with Gasteiger partial charge in [-0.2, -0.15) is 0 Å². The molecule has 1 fully saturated rings. The Labute approximate surface area is 190 Å². The zero-order valence-corrected chi connectivity index (χ0v) is 18.9. The number of esters is 1. The summed E-state index contributed by atoms with van der Waals surface area (Å²) in [4.78, 5) is 37.6. The molecule has 0 N–H and O–H groups in total. The zero-order valence-electron chi connectivity index (χ0n) is 16.5. The normalized spacial score (nSPS) is 14.8. The summed E-state index contributed by atoms with van der Waals surface area (Å²) < 4.78 is 29.7. The summed E-state index contributed by atoms with van der Waals surface area (Å²) in [5, 5.41) is -0.486. The van der Waals surface area contributed by atoms with Crippen molar-refractivity contribution in [3.05, 3.63) is 62.7 Å². The molecule has 31 heavy (non-hydrogen) atoms. The fourth-order valence-electron chi connectivity index (χ4n) is 2.70. The molecule has 0 unspecified atom stereocenters. The Kier molecular flexibility index (Phi) is 7.34. The van der Waals surface area contributed by atoms with Crippen molar-refractivity contribution in [2.45, 2.75) is 6.54 Å². The van der Waals surface area contributed by atoms with Gasteiger partial charge in [0.25, 0.3) is 11.1 Å². The first kappa shape index (κ1) is 22.8. The standard InChI is InChI=1S/C21H17BrFNO6S/c1-28-16-7-13(14(22)9-17(16)30-11-19(25)29-2)8-18-20(26)24(21(27)31-18)10-12-5-3-4-6-15(12)23/h3-9H,10-11H2,1-2H3/b18-8+. The molecular weight excluding hydrogens is 493 g/mol. The molecule has 2 aromatic carbocycles. The number of carbonyl (C=O) groups is 3. The summed E-state index contributed by atoms with van der Waals surface area (Å²) in [5.41, 5.74) is 0.805. The number of benzene rings is 2. The molecule has 1 aliphatic rings. The van der Waals surface area contributed by atoms with Crippen molar-refractivity contribution in [3.63, 3.8) is 0 Å². The lowest BCUT2D eigenvalue weighted by molar-refractivity contribution is -0.142. The molecule has 0 saturated carbocycles. The molecular formula is C21H17BrFNO6S. The van der Waals surface area contributed by atoms with Gasteiger partial charge in [0.1, 0.15) is 5.82 Å². The Hall–Kier alpha value is -2.85. The minimum absolute atomic E-state index is 0.153. The smallest absolute Gasteiger partial charge is 0.343 e. The summed E-state index contributed by atoms with van der Waals surface area (Å²) in [6.45, 7) is -0.451. The number of methoxy groups -OCH3 is 2. The van der Waals surface area contributed by atoms with Crippen LogP contribution < -0.4 is 9.47 Å². The van der Waals surface area contributed by atoms with Crippen LogP contribution in [-0.4, -0.2) is 42.8 Å². The lowest BCUT2D eigenvalue weighted by atomic mass is 10.1. The number of nitrogens with zero attached hydrogens (tertiary/aromatic N) is 1. The second-order valence-corrected chi connectivity index (χ2v) is 8.10. The van der Waals surface area contributed by atoms with Crippen LogP contribution in [0.5, 0.6) is 11.5 Å². The van der Waals surface area contributed by atoms with Crippen molar-refractivity contribution < 1.29 is 33.0 Å². The van der Waals surface area contributed by atoms with E-state index in [1.807, 2.05) is 0 Å². The summed E-state index contributed by atoms with van der Waals surface area (Å²) in [6.07, 6.45) is 1.53. The van der Waals surface area contributed by atoms with E-state index in [1.165, 1.54) is 38.5 Å². The highest BCUT2D eigenvalue weighted by atomic mass is 79.9. The van der Waals surface area contributed by atoms with Crippen LogP contribution in [0.25, 0.3) is 6.08 Å². The van der Waals surface area contributed by atoms with Gasteiger partial charge in [-0.15, -0.1) is 0 Å². The van der Waals surface area contributed by atoms with Gasteiger partial charge < -0.3 is 14.2 Å². The minimum atomic E-state index is -0.550. The number of hydrogen-bond donors (Lipinski definition) is 0. The van der Waals surface area contributed by atoms with E-state index in [9.17, 15) is 18.8 Å². The summed E-state index contributed by atoms with van der Waals surface area (Å²) in [5.74, 6) is -0.935. The van der Waals surface area contributed by atoms with E-state index in [-0.39, 0.29) is 23.6 Å². The van der Waals surface area contributed by atoms with Crippen molar-refractivity contribution in [2.75, 3.05) is 20.8 Å². The van der Waals surface area contributed by atoms with E-state index >= 15 is 0 Å². The Balaban J connectivity index is 1.84. The average molecular weight is 510 g/mol. The van der Waals surface area contributed by atoms with Gasteiger partial charge in [-0.1, -0.05) is 34.1 Å². The van der Waals surface area contributed by atoms with Gasteiger partial charge >= 0.3 is 5.97 Å². The number of imide groups is 1. The van der Waals surface area contributed by atoms with Crippen LogP contribution in [0, 0.1) is 5.82 Å². The summed E-state index contributed by atoms with van der Waals surface area (Å²) >= 11 is 4.16. The van der Waals surface area contributed by atoms with E-state index < -0.39 is 22.9 Å². The molecule has 0 bridgehead atoms. The fraction of sp³-hybridized carbons (Fsp3) is 0.190. The van der Waals surface area contributed by atoms with Gasteiger partial charge in [0.05, 0.1) is 25.7 Å². The monoisotopic (exact) mass is 509 g/mol. The van der Waals surface area contributed by atoms with E-state index in [0.717, 1.165) is 16.7 Å². The van der Waals surface area contributed by atoms with Crippen molar-refractivity contribution in [3.8, 4) is 11.5 Å². The van der Waals surface area contributed by atoms with Crippen LogP contribution in [0.2, 0.25) is 0 Å². The summed E-state index contributed by atoms with van der Waals surface area (Å²) in [6, 6.07) is 9.16. The molecule has 3 rings (SSSR count). The van der Waals surface area contributed by atoms with Crippen LogP contribution >= 0.6 is 27.7 Å². The van der Waals surface area contributed by atoms with Crippen LogP contribution in [0.4, 0.5) is 9.18 Å². The average Bonchev–Trinajstić information content (AvgIpc) is 3.02. The van der Waals surface area contributed by atoms with Crippen molar-refractivity contribution >= 4 is 50.9 Å². The van der Waals surface area contributed by atoms with Crippen molar-refractivity contribution in [1.82, 2.24) is 4.90 Å². The Morgan fingerprint density at radius 2 is 1.94 bits per heavy atom. The Morgan fingerprint density at radius 3 is 2.61 bits per heavy atom. The fourth-order valence-corrected chi connectivity index (χ4v) is 3.97. The first-order valence-electron chi connectivity index (χ1n) is 8.90. The van der Waals surface area contributed by atoms with Crippen LogP contribution in [0.15, 0.2) is 45.8 Å². The van der Waals surface area contributed by atoms with Crippen LogP contribution in [-0.2, 0) is 20.9 Å². The molecule has 2 aromatic rings. The predicted molar refractivity (Wildman–Crippen MR) is 116 cm³/mol. The van der Waals surface area contributed by atoms with Crippen LogP contribution in [0.1, 0.15) is 11.1 Å². The SMILES string of the molecule is COC(=O)COc1cc(Br)c(/C=C2/SC(=O)N(Cc3ccccc3F)C2=O)cc1OC. The number of thioether (sulfide) groups is 1. The van der Waals surface area contributed by atoms with Gasteiger partial charge in [-0.05, 0) is 41.6 Å². The molecule has 2 amide bonds. The topological polar surface area (TPSA) is 82.1 Å². The molecule has 0 aromatic heterocycles. The number of halogens is 2. The first-order chi connectivity index (χ1) is 14.8. The first-order valence-corrected chi connectivity index (χ1v) is 10.5. The maximum absolute atomic E-state index is 13.9. The number of amides is 2. The molecule has 0 spiro atoms. The third-order valence-electron chi connectivity index (χ3n) is 4.30. The maximum atomic E-state index is 13.9. The van der Waals surface area contributed by atoms with Crippen molar-refractivity contribution in [2.24, 2.45) is 0 Å². The van der Waals surface area contributed by atoms with Gasteiger partial charge in [-0.25, -0.2) is 9.18 Å². The number of ether oxygens (including phenoxy) is 3. The quantitative estimate of drug-likeness (QED) is 0.404. The lowest BCUT2D eigenvalue weighted by Crippen LogP contribution is -2.27. The predicted octanol–water partition coefficient (Wildman–Crippen LogP) is 4.39. The van der Waals surface area contributed by atoms with Gasteiger partial charge in [0.2, 0.25) is 0 Å². The third kappa shape index (κ3) is 5.26. The Bertz CT molecular complexity index is 1070. The molecule has 1 aliphatic heterocycles. The highest BCUT2D eigenvalue weighted by Crippen LogP contribution is 2.38. The molecule has 0 radical (unpaired) electrons. The van der Waals surface area contributed by atoms with Crippen molar-refractivity contribution in [1.29, 1.82) is 0 Å². The van der Waals surface area contributed by atoms with Gasteiger partial charge in [0, 0.05) is 10.0 Å². The van der Waals surface area contributed by atoms with Crippen LogP contribution in [0.3, 0.4) is 0 Å². The lowest BCUT2D eigenvalue weighted by Gasteiger charge is -2.13. The molecule has 0 aliphatic carbocycles. The summed E-state index contributed by atoms with van der Waals surface area (Å²) in [7, 11) is 2.68. The molecule has 7 nitrogen and oxygen atoms in total. The molecule has 10 heteroatoms. The molecule has 162 valence electrons. The van der Waals surface area contributed by atoms with Gasteiger partial charge in [0.15, 0.2) is 18.1 Å².